The van der Waals surface area contributed by atoms with Gasteiger partial charge in [0.15, 0.2) is 0 Å². The number of rotatable bonds is 4. The van der Waals surface area contributed by atoms with Crippen LogP contribution in [-0.2, 0) is 4.79 Å². The van der Waals surface area contributed by atoms with Gasteiger partial charge in [-0.05, 0) is 25.0 Å². The number of halogens is 1. The Bertz CT molecular complexity index is 866. The van der Waals surface area contributed by atoms with Gasteiger partial charge in [-0.15, -0.1) is 0 Å². The van der Waals surface area contributed by atoms with Crippen molar-refractivity contribution >= 4 is 23.5 Å². The van der Waals surface area contributed by atoms with Crippen molar-refractivity contribution in [1.82, 2.24) is 9.80 Å². The van der Waals surface area contributed by atoms with Crippen LogP contribution in [0.4, 0.5) is 4.39 Å². The predicted octanol–water partition coefficient (Wildman–Crippen LogP) is 1.55. The molecule has 4 rings (SSSR count). The van der Waals surface area contributed by atoms with Gasteiger partial charge in [-0.25, -0.2) is 9.38 Å². The molecule has 1 atom stereocenters. The Morgan fingerprint density at radius 1 is 1.03 bits per heavy atom. The molecular weight excluding hydrogens is 379 g/mol. The number of ether oxygens (including phenoxy) is 2. The van der Waals surface area contributed by atoms with Crippen LogP contribution in [-0.4, -0.2) is 79.9 Å². The Labute approximate surface area is 168 Å². The van der Waals surface area contributed by atoms with E-state index in [4.69, 9.17) is 9.47 Å². The van der Waals surface area contributed by atoms with E-state index in [0.29, 0.717) is 49.0 Å². The number of amides is 2. The van der Waals surface area contributed by atoms with E-state index in [-0.39, 0.29) is 17.8 Å². The summed E-state index contributed by atoms with van der Waals surface area (Å²) in [4.78, 5) is 36.5. The topological polar surface area (TPSA) is 83.8 Å². The van der Waals surface area contributed by atoms with Gasteiger partial charge in [0.2, 0.25) is 12.1 Å². The molecule has 3 aliphatic rings. The standard InChI is InChI=1S/C20H23FN4O4/c1-28-14-9-13(10-15(11-14)29-2)19(27)24-5-7-25(8-6-24)20-22-17(12-3-4-12)16(21)18(26)23-20/h9-12,16H,3-8H2,1-2H3. The quantitative estimate of drug-likeness (QED) is 0.763. The third-order valence-electron chi connectivity index (χ3n) is 5.36. The van der Waals surface area contributed by atoms with Gasteiger partial charge >= 0.3 is 0 Å². The first-order valence-electron chi connectivity index (χ1n) is 9.62. The molecule has 0 spiro atoms. The average Bonchev–Trinajstić information content (AvgIpc) is 3.60. The van der Waals surface area contributed by atoms with Gasteiger partial charge in [0.05, 0.1) is 19.9 Å². The minimum atomic E-state index is -1.71. The lowest BCUT2D eigenvalue weighted by Crippen LogP contribution is -2.51. The van der Waals surface area contributed by atoms with Crippen LogP contribution in [0.2, 0.25) is 0 Å². The smallest absolute Gasteiger partial charge is 0.289 e. The maximum atomic E-state index is 14.1. The molecule has 1 aromatic carbocycles. The molecule has 2 amide bonds. The van der Waals surface area contributed by atoms with E-state index >= 15 is 0 Å². The van der Waals surface area contributed by atoms with E-state index in [2.05, 4.69) is 9.98 Å². The molecule has 0 bridgehead atoms. The summed E-state index contributed by atoms with van der Waals surface area (Å²) >= 11 is 0. The summed E-state index contributed by atoms with van der Waals surface area (Å²) < 4.78 is 24.5. The van der Waals surface area contributed by atoms with Gasteiger partial charge in [0.1, 0.15) is 11.5 Å². The van der Waals surface area contributed by atoms with Gasteiger partial charge in [-0.1, -0.05) is 0 Å². The van der Waals surface area contributed by atoms with Crippen molar-refractivity contribution in [3.63, 3.8) is 0 Å². The van der Waals surface area contributed by atoms with Crippen LogP contribution < -0.4 is 9.47 Å². The molecule has 0 radical (unpaired) electrons. The summed E-state index contributed by atoms with van der Waals surface area (Å²) in [6.45, 7) is 1.83. The molecule has 0 N–H and O–H groups in total. The molecule has 2 heterocycles. The Hall–Kier alpha value is -2.97. The fraction of sp³-hybridized carbons (Fsp3) is 0.500. The molecule has 2 fully saturated rings. The minimum absolute atomic E-state index is 0.0605. The highest BCUT2D eigenvalue weighted by atomic mass is 19.1. The summed E-state index contributed by atoms with van der Waals surface area (Å²) in [5, 5.41) is 0. The molecule has 8 nitrogen and oxygen atoms in total. The first-order valence-corrected chi connectivity index (χ1v) is 9.62. The number of hydrogen-bond acceptors (Lipinski definition) is 6. The zero-order chi connectivity index (χ0) is 20.5. The lowest BCUT2D eigenvalue weighted by atomic mass is 10.1. The maximum Gasteiger partial charge on any atom is 0.289 e. The SMILES string of the molecule is COc1cc(OC)cc(C(=O)N2CCN(C3=NC(=O)C(F)C(C4CC4)=N3)CC2)c1. The Balaban J connectivity index is 1.44. The predicted molar refractivity (Wildman–Crippen MR) is 105 cm³/mol. The van der Waals surface area contributed by atoms with Gasteiger partial charge in [-0.3, -0.25) is 9.59 Å². The summed E-state index contributed by atoms with van der Waals surface area (Å²) in [5.41, 5.74) is 0.788. The summed E-state index contributed by atoms with van der Waals surface area (Å²) in [5.74, 6) is 0.507. The van der Waals surface area contributed by atoms with Crippen molar-refractivity contribution in [2.75, 3.05) is 40.4 Å². The molecule has 9 heteroatoms. The molecular formula is C20H23FN4O4. The third kappa shape index (κ3) is 3.94. The fourth-order valence-electron chi connectivity index (χ4n) is 3.52. The Kier molecular flexibility index (Phi) is 5.21. The zero-order valence-electron chi connectivity index (χ0n) is 16.4. The van der Waals surface area contributed by atoms with Crippen LogP contribution in [0.3, 0.4) is 0 Å². The zero-order valence-corrected chi connectivity index (χ0v) is 16.4. The summed E-state index contributed by atoms with van der Waals surface area (Å²) in [6, 6.07) is 5.06. The first-order chi connectivity index (χ1) is 14.0. The summed E-state index contributed by atoms with van der Waals surface area (Å²) in [6.07, 6.45) is 0.0233. The van der Waals surface area contributed by atoms with Crippen molar-refractivity contribution in [3.05, 3.63) is 23.8 Å². The lowest BCUT2D eigenvalue weighted by Gasteiger charge is -2.36. The highest BCUT2D eigenvalue weighted by molar-refractivity contribution is 6.18. The van der Waals surface area contributed by atoms with Crippen LogP contribution in [0.5, 0.6) is 11.5 Å². The van der Waals surface area contributed by atoms with Crippen molar-refractivity contribution in [2.45, 2.75) is 19.0 Å². The number of alkyl halides is 1. The molecule has 1 unspecified atom stereocenters. The van der Waals surface area contributed by atoms with Crippen LogP contribution in [0.1, 0.15) is 23.2 Å². The van der Waals surface area contributed by atoms with Gasteiger partial charge in [0.25, 0.3) is 11.8 Å². The highest BCUT2D eigenvalue weighted by Crippen LogP contribution is 2.34. The molecule has 29 heavy (non-hydrogen) atoms. The van der Waals surface area contributed by atoms with E-state index in [1.807, 2.05) is 4.90 Å². The molecule has 1 saturated heterocycles. The molecule has 2 aliphatic heterocycles. The maximum absolute atomic E-state index is 14.1. The van der Waals surface area contributed by atoms with Gasteiger partial charge < -0.3 is 19.3 Å². The third-order valence-corrected chi connectivity index (χ3v) is 5.36. The number of methoxy groups -OCH3 is 2. The second-order valence-corrected chi connectivity index (χ2v) is 7.30. The van der Waals surface area contributed by atoms with Crippen molar-refractivity contribution in [3.8, 4) is 11.5 Å². The number of nitrogens with zero attached hydrogens (tertiary/aromatic N) is 4. The first kappa shape index (κ1) is 19.4. The van der Waals surface area contributed by atoms with Crippen LogP contribution in [0.25, 0.3) is 0 Å². The molecule has 1 saturated carbocycles. The normalized spacial score (nSPS) is 22.2. The van der Waals surface area contributed by atoms with E-state index in [1.165, 1.54) is 14.2 Å². The molecule has 0 aromatic heterocycles. The van der Waals surface area contributed by atoms with Gasteiger partial charge in [0, 0.05) is 43.7 Å². The largest absolute Gasteiger partial charge is 0.497 e. The fourth-order valence-corrected chi connectivity index (χ4v) is 3.52. The second kappa shape index (κ2) is 7.81. The van der Waals surface area contributed by atoms with Crippen molar-refractivity contribution in [2.24, 2.45) is 15.9 Å². The van der Waals surface area contributed by atoms with E-state index in [9.17, 15) is 14.0 Å². The minimum Gasteiger partial charge on any atom is -0.497 e. The molecule has 1 aliphatic carbocycles. The van der Waals surface area contributed by atoms with Crippen LogP contribution >= 0.6 is 0 Å². The highest BCUT2D eigenvalue weighted by Gasteiger charge is 2.40. The number of guanidine groups is 1. The van der Waals surface area contributed by atoms with Crippen LogP contribution in [0, 0.1) is 5.92 Å². The van der Waals surface area contributed by atoms with Crippen LogP contribution in [0.15, 0.2) is 28.2 Å². The van der Waals surface area contributed by atoms with Crippen molar-refractivity contribution in [1.29, 1.82) is 0 Å². The molecule has 154 valence electrons. The Morgan fingerprint density at radius 2 is 1.66 bits per heavy atom. The lowest BCUT2D eigenvalue weighted by molar-refractivity contribution is -0.120. The van der Waals surface area contributed by atoms with E-state index < -0.39 is 12.1 Å². The van der Waals surface area contributed by atoms with Crippen molar-refractivity contribution < 1.29 is 23.5 Å². The number of benzene rings is 1. The van der Waals surface area contributed by atoms with Gasteiger partial charge in [-0.2, -0.15) is 4.99 Å². The Morgan fingerprint density at radius 3 is 2.21 bits per heavy atom. The summed E-state index contributed by atoms with van der Waals surface area (Å²) in [7, 11) is 3.07. The number of hydrogen-bond donors (Lipinski definition) is 0. The number of carbonyl (C=O) groups excluding carboxylic acids is 2. The van der Waals surface area contributed by atoms with E-state index in [0.717, 1.165) is 12.8 Å². The van der Waals surface area contributed by atoms with E-state index in [1.54, 1.807) is 23.1 Å². The second-order valence-electron chi connectivity index (χ2n) is 7.30. The number of piperazine rings is 1. The molecule has 1 aromatic rings. The number of carbonyl (C=O) groups is 2. The number of aliphatic imine (C=N–C) groups is 2. The average molecular weight is 402 g/mol. The monoisotopic (exact) mass is 402 g/mol.